The summed E-state index contributed by atoms with van der Waals surface area (Å²) in [5.74, 6) is 1.93. The molecule has 5 heteroatoms. The first-order valence-electron chi connectivity index (χ1n) is 11.4. The third-order valence-corrected chi connectivity index (χ3v) is 9.38. The fraction of sp³-hybridized carbons (Fsp3) is 0.913. The Morgan fingerprint density at radius 3 is 2.75 bits per heavy atom. The summed E-state index contributed by atoms with van der Waals surface area (Å²) >= 11 is 0. The molecule has 0 heterocycles. The number of nitrogens with zero attached hydrogens (tertiary/aromatic N) is 1. The summed E-state index contributed by atoms with van der Waals surface area (Å²) in [5.41, 5.74) is 7.25. The van der Waals surface area contributed by atoms with Crippen molar-refractivity contribution in [1.29, 1.82) is 0 Å². The number of fused-ring (bicyclic) bond motifs is 5. The van der Waals surface area contributed by atoms with Gasteiger partial charge in [-0.15, -0.1) is 0 Å². The molecule has 2 unspecified atom stereocenters. The maximum atomic E-state index is 12.2. The number of oxime groups is 1. The van der Waals surface area contributed by atoms with Gasteiger partial charge in [0.05, 0.1) is 11.6 Å². The molecule has 8 atom stereocenters. The van der Waals surface area contributed by atoms with Gasteiger partial charge in [-0.05, 0) is 80.0 Å². The van der Waals surface area contributed by atoms with Crippen molar-refractivity contribution >= 4 is 11.7 Å². The lowest BCUT2D eigenvalue weighted by Gasteiger charge is -2.60. The molecule has 0 aliphatic heterocycles. The SMILES string of the molecule is CC(CN)C(=O)O[C@H]1CC[C@@]2(C)C(C1)/C(=N/O)C[C@H]1[C@@H]3CCC[C@@]3(C)CC[C@@H]12. The van der Waals surface area contributed by atoms with Gasteiger partial charge >= 0.3 is 5.97 Å². The van der Waals surface area contributed by atoms with Gasteiger partial charge in [0.1, 0.15) is 6.10 Å². The van der Waals surface area contributed by atoms with Crippen LogP contribution in [-0.4, -0.2) is 29.5 Å². The van der Waals surface area contributed by atoms with Gasteiger partial charge in [-0.25, -0.2) is 0 Å². The summed E-state index contributed by atoms with van der Waals surface area (Å²) in [6.45, 7) is 7.07. The predicted molar refractivity (Wildman–Crippen MR) is 109 cm³/mol. The molecule has 28 heavy (non-hydrogen) atoms. The Labute approximate surface area is 169 Å². The molecule has 5 nitrogen and oxygen atoms in total. The average Bonchev–Trinajstić information content (AvgIpc) is 3.09. The van der Waals surface area contributed by atoms with Gasteiger partial charge in [-0.2, -0.15) is 0 Å². The van der Waals surface area contributed by atoms with Crippen LogP contribution in [0.4, 0.5) is 0 Å². The molecule has 0 saturated heterocycles. The van der Waals surface area contributed by atoms with E-state index < -0.39 is 0 Å². The first-order chi connectivity index (χ1) is 13.3. The van der Waals surface area contributed by atoms with Gasteiger partial charge < -0.3 is 15.7 Å². The Bertz CT molecular complexity index is 650. The molecular weight excluding hydrogens is 352 g/mol. The van der Waals surface area contributed by atoms with Crippen molar-refractivity contribution in [2.75, 3.05) is 6.54 Å². The summed E-state index contributed by atoms with van der Waals surface area (Å²) in [5, 5.41) is 13.7. The van der Waals surface area contributed by atoms with E-state index in [0.29, 0.717) is 23.8 Å². The van der Waals surface area contributed by atoms with Crippen LogP contribution in [-0.2, 0) is 9.53 Å². The zero-order valence-electron chi connectivity index (χ0n) is 17.8. The smallest absolute Gasteiger partial charge is 0.310 e. The quantitative estimate of drug-likeness (QED) is 0.426. The number of ether oxygens (including phenoxy) is 1. The minimum absolute atomic E-state index is 0.0757. The second kappa shape index (κ2) is 7.30. The van der Waals surface area contributed by atoms with Crippen LogP contribution in [0.5, 0.6) is 0 Å². The Morgan fingerprint density at radius 1 is 1.25 bits per heavy atom. The average molecular weight is 391 g/mol. The lowest BCUT2D eigenvalue weighted by molar-refractivity contribution is -0.159. The van der Waals surface area contributed by atoms with Crippen LogP contribution in [0.15, 0.2) is 5.16 Å². The van der Waals surface area contributed by atoms with Gasteiger partial charge in [-0.1, -0.05) is 32.3 Å². The minimum atomic E-state index is -0.256. The maximum absolute atomic E-state index is 12.2. The highest BCUT2D eigenvalue weighted by molar-refractivity contribution is 5.88. The molecule has 4 aliphatic carbocycles. The molecule has 0 aromatic heterocycles. The largest absolute Gasteiger partial charge is 0.462 e. The molecule has 0 spiro atoms. The fourth-order valence-electron chi connectivity index (χ4n) is 7.62. The highest BCUT2D eigenvalue weighted by Crippen LogP contribution is 2.65. The molecule has 4 saturated carbocycles. The summed E-state index contributed by atoms with van der Waals surface area (Å²) in [4.78, 5) is 12.2. The summed E-state index contributed by atoms with van der Waals surface area (Å²) < 4.78 is 5.80. The van der Waals surface area contributed by atoms with Crippen LogP contribution in [0.1, 0.15) is 78.6 Å². The van der Waals surface area contributed by atoms with E-state index >= 15 is 0 Å². The van der Waals surface area contributed by atoms with E-state index in [4.69, 9.17) is 10.5 Å². The molecule has 0 amide bonds. The molecule has 4 fully saturated rings. The molecule has 0 radical (unpaired) electrons. The van der Waals surface area contributed by atoms with Crippen molar-refractivity contribution in [1.82, 2.24) is 0 Å². The third-order valence-electron chi connectivity index (χ3n) is 9.38. The normalized spacial score (nSPS) is 47.7. The number of esters is 1. The first-order valence-corrected chi connectivity index (χ1v) is 11.4. The van der Waals surface area contributed by atoms with Crippen LogP contribution in [0.3, 0.4) is 0 Å². The van der Waals surface area contributed by atoms with Crippen molar-refractivity contribution in [3.63, 3.8) is 0 Å². The van der Waals surface area contributed by atoms with Crippen molar-refractivity contribution in [3.8, 4) is 0 Å². The van der Waals surface area contributed by atoms with E-state index in [9.17, 15) is 10.0 Å². The van der Waals surface area contributed by atoms with Crippen molar-refractivity contribution in [3.05, 3.63) is 0 Å². The van der Waals surface area contributed by atoms with E-state index in [-0.39, 0.29) is 29.3 Å². The molecule has 4 rings (SSSR count). The molecular formula is C23H38N2O3. The second-order valence-electron chi connectivity index (χ2n) is 10.8. The van der Waals surface area contributed by atoms with Crippen LogP contribution < -0.4 is 5.73 Å². The minimum Gasteiger partial charge on any atom is -0.462 e. The molecule has 4 aliphatic rings. The first kappa shape index (κ1) is 20.2. The van der Waals surface area contributed by atoms with Crippen molar-refractivity contribution in [2.45, 2.75) is 84.7 Å². The van der Waals surface area contributed by atoms with E-state index in [1.807, 2.05) is 6.92 Å². The predicted octanol–water partition coefficient (Wildman–Crippen LogP) is 4.37. The monoisotopic (exact) mass is 390 g/mol. The Hall–Kier alpha value is -1.10. The van der Waals surface area contributed by atoms with Gasteiger partial charge in [0.2, 0.25) is 0 Å². The highest BCUT2D eigenvalue weighted by atomic mass is 16.5. The van der Waals surface area contributed by atoms with E-state index in [2.05, 4.69) is 19.0 Å². The van der Waals surface area contributed by atoms with E-state index in [1.165, 1.54) is 32.1 Å². The maximum Gasteiger partial charge on any atom is 0.310 e. The zero-order chi connectivity index (χ0) is 20.1. The molecule has 158 valence electrons. The van der Waals surface area contributed by atoms with E-state index in [0.717, 1.165) is 37.3 Å². The topological polar surface area (TPSA) is 84.9 Å². The number of nitrogens with two attached hydrogens (primary N) is 1. The number of hydrogen-bond acceptors (Lipinski definition) is 5. The van der Waals surface area contributed by atoms with Gasteiger partial charge in [0.25, 0.3) is 0 Å². The van der Waals surface area contributed by atoms with Crippen LogP contribution >= 0.6 is 0 Å². The summed E-state index contributed by atoms with van der Waals surface area (Å²) in [6, 6.07) is 0. The lowest BCUT2D eigenvalue weighted by atomic mass is 9.45. The lowest BCUT2D eigenvalue weighted by Crippen LogP contribution is -2.56. The van der Waals surface area contributed by atoms with Gasteiger partial charge in [0.15, 0.2) is 0 Å². The van der Waals surface area contributed by atoms with Crippen LogP contribution in [0.2, 0.25) is 0 Å². The Morgan fingerprint density at radius 2 is 2.04 bits per heavy atom. The number of rotatable bonds is 3. The fourth-order valence-corrected chi connectivity index (χ4v) is 7.62. The Balaban J connectivity index is 1.55. The van der Waals surface area contributed by atoms with Crippen molar-refractivity contribution < 1.29 is 14.7 Å². The Kier molecular flexibility index (Phi) is 5.26. The zero-order valence-corrected chi connectivity index (χ0v) is 17.8. The van der Waals surface area contributed by atoms with E-state index in [1.54, 1.807) is 0 Å². The molecule has 0 aromatic carbocycles. The number of carbonyl (C=O) groups excluding carboxylic acids is 1. The van der Waals surface area contributed by atoms with Gasteiger partial charge in [-0.3, -0.25) is 4.79 Å². The van der Waals surface area contributed by atoms with Gasteiger partial charge in [0, 0.05) is 12.5 Å². The second-order valence-corrected chi connectivity index (χ2v) is 10.8. The van der Waals surface area contributed by atoms with Crippen molar-refractivity contribution in [2.24, 2.45) is 51.3 Å². The van der Waals surface area contributed by atoms with Crippen LogP contribution in [0.25, 0.3) is 0 Å². The number of carbonyl (C=O) groups is 1. The standard InChI is InChI=1S/C23H38N2O3/c1-14(13-24)21(26)28-15-6-10-23(3)18-7-9-22(2)8-4-5-17(22)16(18)12-20(25-27)19(23)11-15/h14-19,27H,4-13,24H2,1-3H3/b25-20+/t14?,15-,16-,17-,18-,19?,22-,23+/m0/s1. The summed E-state index contributed by atoms with van der Waals surface area (Å²) in [7, 11) is 0. The molecule has 3 N–H and O–H groups in total. The summed E-state index contributed by atoms with van der Waals surface area (Å²) in [6.07, 6.45) is 10.3. The number of hydrogen-bond donors (Lipinski definition) is 2. The van der Waals surface area contributed by atoms with Crippen LogP contribution in [0, 0.1) is 40.4 Å². The molecule has 0 aromatic rings. The molecule has 0 bridgehead atoms. The third kappa shape index (κ3) is 3.09. The highest BCUT2D eigenvalue weighted by Gasteiger charge is 2.60.